The Hall–Kier alpha value is -2.48. The van der Waals surface area contributed by atoms with Gasteiger partial charge in [0.15, 0.2) is 11.7 Å². The predicted molar refractivity (Wildman–Crippen MR) is 84.5 cm³/mol. The van der Waals surface area contributed by atoms with Crippen LogP contribution in [0.3, 0.4) is 0 Å². The first kappa shape index (κ1) is 17.5. The molecule has 0 radical (unpaired) electrons. The van der Waals surface area contributed by atoms with E-state index in [0.29, 0.717) is 11.1 Å². The van der Waals surface area contributed by atoms with Crippen LogP contribution in [-0.4, -0.2) is 0 Å². The number of allylic oxidation sites excluding steroid dienone is 12. The van der Waals surface area contributed by atoms with E-state index in [1.807, 2.05) is 0 Å². The Morgan fingerprint density at radius 3 is 1.75 bits per heavy atom. The Bertz CT molecular complexity index is 552. The van der Waals surface area contributed by atoms with E-state index in [9.17, 15) is 8.78 Å². The lowest BCUT2D eigenvalue weighted by Gasteiger charge is -2.04. The molecule has 0 aliphatic carbocycles. The van der Waals surface area contributed by atoms with Gasteiger partial charge in [-0.15, -0.1) is 0 Å². The van der Waals surface area contributed by atoms with Gasteiger partial charge in [0, 0.05) is 5.57 Å². The van der Waals surface area contributed by atoms with E-state index in [2.05, 4.69) is 39.5 Å². The molecule has 0 aromatic carbocycles. The smallest absolute Gasteiger partial charge is 0.165 e. The average Bonchev–Trinajstić information content (AvgIpc) is 2.46. The van der Waals surface area contributed by atoms with E-state index in [0.717, 1.165) is 6.08 Å². The van der Waals surface area contributed by atoms with Gasteiger partial charge in [-0.1, -0.05) is 69.9 Å². The number of rotatable bonds is 8. The molecule has 0 heterocycles. The van der Waals surface area contributed by atoms with Crippen LogP contribution in [0.4, 0.5) is 8.78 Å². The Morgan fingerprint density at radius 1 is 0.750 bits per heavy atom. The molecule has 0 saturated carbocycles. The molecule has 2 heteroatoms. The molecule has 0 amide bonds. The molecule has 0 N–H and O–H groups in total. The molecule has 0 saturated heterocycles. The normalized spacial score (nSPS) is 12.1. The molecule has 0 rings (SSSR count). The van der Waals surface area contributed by atoms with Crippen LogP contribution < -0.4 is 0 Å². The van der Waals surface area contributed by atoms with Crippen molar-refractivity contribution in [3.8, 4) is 0 Å². The molecule has 20 heavy (non-hydrogen) atoms. The largest absolute Gasteiger partial charge is 0.204 e. The van der Waals surface area contributed by atoms with Crippen molar-refractivity contribution in [3.05, 3.63) is 110 Å². The summed E-state index contributed by atoms with van der Waals surface area (Å²) in [4.78, 5) is 0. The molecule has 0 fully saturated rings. The molecule has 0 atom stereocenters. The Balaban J connectivity index is 4.89. The van der Waals surface area contributed by atoms with Gasteiger partial charge in [0.1, 0.15) is 0 Å². The third-order valence-electron chi connectivity index (χ3n) is 2.37. The summed E-state index contributed by atoms with van der Waals surface area (Å²) in [5, 5.41) is 0. The molecular formula is C18H18F2. The second kappa shape index (κ2) is 8.59. The fourth-order valence-corrected chi connectivity index (χ4v) is 1.07. The van der Waals surface area contributed by atoms with Crippen LogP contribution in [0, 0.1) is 0 Å². The number of hydrogen-bond donors (Lipinski definition) is 0. The maximum absolute atomic E-state index is 13.5. The standard InChI is InChI=1S/C18H18F2/c1-7-9-10-13(3)14(4)11-12-15(5)16(6)18(20)17(19)8-2/h7-12H,1-6H2/b10-9-,12-11-,18-17-. The van der Waals surface area contributed by atoms with E-state index in [1.54, 1.807) is 24.3 Å². The van der Waals surface area contributed by atoms with Gasteiger partial charge in [0.2, 0.25) is 0 Å². The first-order chi connectivity index (χ1) is 9.34. The summed E-state index contributed by atoms with van der Waals surface area (Å²) in [6.07, 6.45) is 8.93. The highest BCUT2D eigenvalue weighted by molar-refractivity contribution is 5.51. The second-order valence-electron chi connectivity index (χ2n) is 3.85. The minimum atomic E-state index is -1.08. The van der Waals surface area contributed by atoms with Crippen molar-refractivity contribution < 1.29 is 8.78 Å². The first-order valence-corrected chi connectivity index (χ1v) is 5.76. The monoisotopic (exact) mass is 272 g/mol. The van der Waals surface area contributed by atoms with Crippen LogP contribution in [0.1, 0.15) is 0 Å². The van der Waals surface area contributed by atoms with Crippen molar-refractivity contribution in [2.75, 3.05) is 0 Å². The maximum Gasteiger partial charge on any atom is 0.165 e. The molecule has 0 spiro atoms. The first-order valence-electron chi connectivity index (χ1n) is 5.76. The predicted octanol–water partition coefficient (Wildman–Crippen LogP) is 5.85. The molecule has 0 bridgehead atoms. The molecule has 0 nitrogen and oxygen atoms in total. The molecular weight excluding hydrogens is 254 g/mol. The van der Waals surface area contributed by atoms with Crippen molar-refractivity contribution in [3.63, 3.8) is 0 Å². The summed E-state index contributed by atoms with van der Waals surface area (Å²) in [6, 6.07) is 0. The van der Waals surface area contributed by atoms with Gasteiger partial charge in [0.25, 0.3) is 0 Å². The number of halogens is 2. The van der Waals surface area contributed by atoms with Gasteiger partial charge in [-0.25, -0.2) is 8.78 Å². The molecule has 0 aromatic rings. The van der Waals surface area contributed by atoms with E-state index in [1.165, 1.54) is 6.08 Å². The summed E-state index contributed by atoms with van der Waals surface area (Å²) < 4.78 is 26.5. The highest BCUT2D eigenvalue weighted by atomic mass is 19.2. The van der Waals surface area contributed by atoms with Gasteiger partial charge in [-0.3, -0.25) is 0 Å². The van der Waals surface area contributed by atoms with Crippen molar-refractivity contribution >= 4 is 0 Å². The number of hydrogen-bond acceptors (Lipinski definition) is 0. The lowest BCUT2D eigenvalue weighted by molar-refractivity contribution is 0.567. The topological polar surface area (TPSA) is 0 Å². The highest BCUT2D eigenvalue weighted by Crippen LogP contribution is 2.23. The average molecular weight is 272 g/mol. The maximum atomic E-state index is 13.5. The van der Waals surface area contributed by atoms with E-state index < -0.39 is 11.7 Å². The van der Waals surface area contributed by atoms with Crippen LogP contribution in [-0.2, 0) is 0 Å². The summed E-state index contributed by atoms with van der Waals surface area (Å²) in [5.41, 5.74) is 1.39. The third-order valence-corrected chi connectivity index (χ3v) is 2.37. The lowest BCUT2D eigenvalue weighted by atomic mass is 10.0. The van der Waals surface area contributed by atoms with Gasteiger partial charge >= 0.3 is 0 Å². The summed E-state index contributed by atoms with van der Waals surface area (Å²) >= 11 is 0. The minimum Gasteiger partial charge on any atom is -0.204 e. The van der Waals surface area contributed by atoms with Crippen molar-refractivity contribution in [2.45, 2.75) is 0 Å². The summed E-state index contributed by atoms with van der Waals surface area (Å²) in [5.74, 6) is -2.15. The van der Waals surface area contributed by atoms with Crippen molar-refractivity contribution in [2.24, 2.45) is 0 Å². The van der Waals surface area contributed by atoms with E-state index in [4.69, 9.17) is 0 Å². The fourth-order valence-electron chi connectivity index (χ4n) is 1.07. The summed E-state index contributed by atoms with van der Waals surface area (Å²) in [7, 11) is 0. The van der Waals surface area contributed by atoms with Crippen LogP contribution in [0.2, 0.25) is 0 Å². The highest BCUT2D eigenvalue weighted by Gasteiger charge is 2.08. The Morgan fingerprint density at radius 2 is 1.25 bits per heavy atom. The van der Waals surface area contributed by atoms with Gasteiger partial charge in [-0.05, 0) is 22.8 Å². The van der Waals surface area contributed by atoms with Crippen molar-refractivity contribution in [1.29, 1.82) is 0 Å². The van der Waals surface area contributed by atoms with Gasteiger partial charge in [0.05, 0.1) is 0 Å². The Kier molecular flexibility index (Phi) is 7.53. The molecule has 104 valence electrons. The van der Waals surface area contributed by atoms with Gasteiger partial charge in [-0.2, -0.15) is 0 Å². The second-order valence-corrected chi connectivity index (χ2v) is 3.85. The fraction of sp³-hybridized carbons (Fsp3) is 0. The minimum absolute atomic E-state index is 0.140. The van der Waals surface area contributed by atoms with E-state index in [-0.39, 0.29) is 11.1 Å². The van der Waals surface area contributed by atoms with E-state index >= 15 is 0 Å². The molecule has 0 aromatic heterocycles. The molecule has 0 aliphatic heterocycles. The Labute approximate surface area is 119 Å². The zero-order chi connectivity index (χ0) is 15.7. The zero-order valence-corrected chi connectivity index (χ0v) is 11.5. The lowest BCUT2D eigenvalue weighted by Crippen LogP contribution is -1.88. The van der Waals surface area contributed by atoms with Crippen LogP contribution in [0.25, 0.3) is 0 Å². The van der Waals surface area contributed by atoms with Gasteiger partial charge < -0.3 is 0 Å². The third kappa shape index (κ3) is 5.44. The molecule has 0 aliphatic rings. The van der Waals surface area contributed by atoms with Crippen LogP contribution in [0.5, 0.6) is 0 Å². The molecule has 0 unspecified atom stereocenters. The van der Waals surface area contributed by atoms with Crippen LogP contribution >= 0.6 is 0 Å². The quantitative estimate of drug-likeness (QED) is 0.486. The van der Waals surface area contributed by atoms with Crippen molar-refractivity contribution in [1.82, 2.24) is 0 Å². The zero-order valence-electron chi connectivity index (χ0n) is 11.5. The van der Waals surface area contributed by atoms with Crippen LogP contribution in [0.15, 0.2) is 110 Å². The summed E-state index contributed by atoms with van der Waals surface area (Å²) in [6.45, 7) is 21.3. The SMILES string of the molecule is C=C/C=C\C(=C)C(=C)/C=C\C(=C)C(=C)/C(F)=C(/F)C=C.